The zero-order valence-electron chi connectivity index (χ0n) is 21.8. The summed E-state index contributed by atoms with van der Waals surface area (Å²) in [5, 5.41) is 12.2. The van der Waals surface area contributed by atoms with E-state index in [4.69, 9.17) is 9.84 Å². The van der Waals surface area contributed by atoms with E-state index in [1.807, 2.05) is 18.2 Å². The normalized spacial score (nSPS) is 25.4. The zero-order chi connectivity index (χ0) is 25.6. The van der Waals surface area contributed by atoms with E-state index in [1.165, 1.54) is 50.5 Å². The van der Waals surface area contributed by atoms with Gasteiger partial charge in [-0.25, -0.2) is 4.98 Å². The van der Waals surface area contributed by atoms with E-state index in [0.29, 0.717) is 18.7 Å². The van der Waals surface area contributed by atoms with Crippen molar-refractivity contribution in [1.82, 2.24) is 15.3 Å². The summed E-state index contributed by atoms with van der Waals surface area (Å²) in [5.74, 6) is 1.23. The molecule has 3 N–H and O–H groups in total. The van der Waals surface area contributed by atoms with Gasteiger partial charge >= 0.3 is 5.97 Å². The average Bonchev–Trinajstić information content (AvgIpc) is 3.65. The van der Waals surface area contributed by atoms with Gasteiger partial charge in [-0.05, 0) is 49.1 Å². The number of rotatable bonds is 12. The summed E-state index contributed by atoms with van der Waals surface area (Å²) in [7, 11) is 0. The second kappa shape index (κ2) is 12.2. The Bertz CT molecular complexity index is 1060. The molecule has 1 saturated carbocycles. The highest BCUT2D eigenvalue weighted by Gasteiger charge is 2.50. The fourth-order valence-corrected chi connectivity index (χ4v) is 6.86. The number of carboxylic acids is 1. The zero-order valence-corrected chi connectivity index (χ0v) is 21.8. The van der Waals surface area contributed by atoms with E-state index in [-0.39, 0.29) is 36.4 Å². The average molecular weight is 508 g/mol. The predicted molar refractivity (Wildman–Crippen MR) is 142 cm³/mol. The molecule has 37 heavy (non-hydrogen) atoms. The molecule has 2 aromatic rings. The summed E-state index contributed by atoms with van der Waals surface area (Å²) in [6.45, 7) is 0.701. The summed E-state index contributed by atoms with van der Waals surface area (Å²) >= 11 is 0. The minimum atomic E-state index is -0.776. The van der Waals surface area contributed by atoms with E-state index in [2.05, 4.69) is 21.4 Å². The molecule has 2 bridgehead atoms. The molecule has 4 atom stereocenters. The summed E-state index contributed by atoms with van der Waals surface area (Å²) in [5.41, 5.74) is 2.80. The van der Waals surface area contributed by atoms with Crippen molar-refractivity contribution in [3.63, 3.8) is 0 Å². The van der Waals surface area contributed by atoms with Crippen molar-refractivity contribution in [2.45, 2.75) is 102 Å². The number of nitrogens with one attached hydrogen (secondary N) is 2. The molecular weight excluding hydrogens is 466 g/mol. The Hall–Kier alpha value is -2.67. The van der Waals surface area contributed by atoms with Crippen LogP contribution in [0.2, 0.25) is 0 Å². The standard InChI is InChI=1S/C30H41N3O4/c34-27(35)16-13-21-11-4-5-12-22(21)18-23-25-14-15-26(37-25)28(23)29-32-19-24(33-29)30(36)31-17-7-6-10-20-8-2-1-3-9-20/h4-5,11-12,19-20,23,25-26,28H,1-3,6-10,13-18H2,(H,31,36)(H,32,33)(H,34,35)/t23-,25-,26+,28-/m0/s1. The maximum absolute atomic E-state index is 12.8. The number of aryl methyl sites for hydroxylation is 1. The van der Waals surface area contributed by atoms with Crippen molar-refractivity contribution >= 4 is 11.9 Å². The monoisotopic (exact) mass is 507 g/mol. The summed E-state index contributed by atoms with van der Waals surface area (Å²) in [6, 6.07) is 8.14. The van der Waals surface area contributed by atoms with Crippen molar-refractivity contribution in [2.75, 3.05) is 6.54 Å². The number of aliphatic carboxylic acids is 1. The number of carbonyl (C=O) groups excluding carboxylic acids is 1. The Kier molecular flexibility index (Phi) is 8.59. The molecule has 0 unspecified atom stereocenters. The van der Waals surface area contributed by atoms with Gasteiger partial charge in [0, 0.05) is 24.8 Å². The van der Waals surface area contributed by atoms with E-state index in [1.54, 1.807) is 6.20 Å². The van der Waals surface area contributed by atoms with Crippen LogP contribution >= 0.6 is 0 Å². The highest BCUT2D eigenvalue weighted by Crippen LogP contribution is 2.49. The van der Waals surface area contributed by atoms with Gasteiger partial charge in [0.1, 0.15) is 11.5 Å². The number of nitrogens with zero attached hydrogens (tertiary/aromatic N) is 1. The van der Waals surface area contributed by atoms with Crippen molar-refractivity contribution in [3.8, 4) is 0 Å². The first kappa shape index (κ1) is 26.0. The third-order valence-electron chi connectivity index (χ3n) is 8.81. The lowest BCUT2D eigenvalue weighted by Crippen LogP contribution is -2.29. The van der Waals surface area contributed by atoms with Gasteiger partial charge in [-0.3, -0.25) is 9.59 Å². The number of amides is 1. The second-order valence-corrected chi connectivity index (χ2v) is 11.3. The molecule has 1 aromatic heterocycles. The van der Waals surface area contributed by atoms with Gasteiger partial charge in [-0.1, -0.05) is 69.2 Å². The highest BCUT2D eigenvalue weighted by molar-refractivity contribution is 5.92. The molecule has 3 fully saturated rings. The minimum Gasteiger partial charge on any atom is -0.481 e. The number of fused-ring (bicyclic) bond motifs is 2. The van der Waals surface area contributed by atoms with Gasteiger partial charge in [-0.15, -0.1) is 0 Å². The summed E-state index contributed by atoms with van der Waals surface area (Å²) in [6.07, 6.45) is 15.9. The summed E-state index contributed by atoms with van der Waals surface area (Å²) in [4.78, 5) is 31.9. The first-order valence-electron chi connectivity index (χ1n) is 14.4. The van der Waals surface area contributed by atoms with Gasteiger partial charge in [0.15, 0.2) is 0 Å². The number of carbonyl (C=O) groups is 2. The van der Waals surface area contributed by atoms with Crippen LogP contribution in [-0.4, -0.2) is 45.7 Å². The second-order valence-electron chi connectivity index (χ2n) is 11.3. The number of H-pyrrole nitrogens is 1. The molecule has 0 radical (unpaired) electrons. The van der Waals surface area contributed by atoms with Crippen molar-refractivity contribution < 1.29 is 19.4 Å². The Morgan fingerprint density at radius 2 is 1.81 bits per heavy atom. The lowest BCUT2D eigenvalue weighted by Gasteiger charge is -2.27. The number of hydrogen-bond donors (Lipinski definition) is 3. The molecule has 5 rings (SSSR count). The molecule has 3 aliphatic rings. The molecule has 200 valence electrons. The Labute approximate surface area is 219 Å². The molecule has 3 heterocycles. The molecule has 7 heteroatoms. The third-order valence-corrected chi connectivity index (χ3v) is 8.81. The predicted octanol–water partition coefficient (Wildman–Crippen LogP) is 5.41. The Morgan fingerprint density at radius 3 is 2.62 bits per heavy atom. The van der Waals surface area contributed by atoms with E-state index < -0.39 is 5.97 Å². The first-order chi connectivity index (χ1) is 18.1. The van der Waals surface area contributed by atoms with Gasteiger partial charge < -0.3 is 20.1 Å². The van der Waals surface area contributed by atoms with Crippen LogP contribution in [0.3, 0.4) is 0 Å². The molecular formula is C30H41N3O4. The maximum atomic E-state index is 12.8. The van der Waals surface area contributed by atoms with E-state index in [9.17, 15) is 9.59 Å². The lowest BCUT2D eigenvalue weighted by molar-refractivity contribution is -0.136. The SMILES string of the molecule is O=C(O)CCc1ccccc1C[C@@H]1[C@H](c2ncc(C(=O)NCCCCC3CCCCC3)[nH]2)[C@H]2CC[C@@H]1O2. The molecule has 2 saturated heterocycles. The largest absolute Gasteiger partial charge is 0.481 e. The van der Waals surface area contributed by atoms with Crippen molar-refractivity contribution in [1.29, 1.82) is 0 Å². The van der Waals surface area contributed by atoms with Crippen molar-refractivity contribution in [3.05, 3.63) is 53.1 Å². The van der Waals surface area contributed by atoms with Crippen LogP contribution in [0.25, 0.3) is 0 Å². The molecule has 1 aromatic carbocycles. The fourth-order valence-electron chi connectivity index (χ4n) is 6.86. The quantitative estimate of drug-likeness (QED) is 0.333. The van der Waals surface area contributed by atoms with Crippen LogP contribution < -0.4 is 5.32 Å². The Balaban J connectivity index is 1.17. The van der Waals surface area contributed by atoms with Crippen LogP contribution in [0.1, 0.15) is 104 Å². The third kappa shape index (κ3) is 6.43. The van der Waals surface area contributed by atoms with E-state index >= 15 is 0 Å². The number of ether oxygens (including phenoxy) is 1. The fraction of sp³-hybridized carbons (Fsp3) is 0.633. The number of carboxylic acid groups (broad SMARTS) is 1. The highest BCUT2D eigenvalue weighted by atomic mass is 16.5. The molecule has 2 aliphatic heterocycles. The maximum Gasteiger partial charge on any atom is 0.303 e. The molecule has 1 aliphatic carbocycles. The van der Waals surface area contributed by atoms with Crippen LogP contribution in [0, 0.1) is 11.8 Å². The number of aromatic nitrogens is 2. The molecule has 7 nitrogen and oxygen atoms in total. The van der Waals surface area contributed by atoms with E-state index in [0.717, 1.165) is 43.0 Å². The number of aromatic amines is 1. The van der Waals surface area contributed by atoms with Crippen LogP contribution in [-0.2, 0) is 22.4 Å². The van der Waals surface area contributed by atoms with Gasteiger partial charge in [0.05, 0.1) is 18.4 Å². The Morgan fingerprint density at radius 1 is 1.03 bits per heavy atom. The number of imidazole rings is 1. The van der Waals surface area contributed by atoms with Crippen LogP contribution in [0.15, 0.2) is 30.5 Å². The van der Waals surface area contributed by atoms with Gasteiger partial charge in [0.25, 0.3) is 5.91 Å². The van der Waals surface area contributed by atoms with Gasteiger partial charge in [0.2, 0.25) is 0 Å². The lowest BCUT2D eigenvalue weighted by atomic mass is 9.75. The smallest absolute Gasteiger partial charge is 0.303 e. The molecule has 1 amide bonds. The van der Waals surface area contributed by atoms with Gasteiger partial charge in [-0.2, -0.15) is 0 Å². The topological polar surface area (TPSA) is 104 Å². The van der Waals surface area contributed by atoms with Crippen LogP contribution in [0.5, 0.6) is 0 Å². The first-order valence-corrected chi connectivity index (χ1v) is 14.4. The number of unbranched alkanes of at least 4 members (excludes halogenated alkanes) is 1. The minimum absolute atomic E-state index is 0.0870. The summed E-state index contributed by atoms with van der Waals surface area (Å²) < 4.78 is 6.32. The number of hydrogen-bond acceptors (Lipinski definition) is 4. The molecule has 0 spiro atoms. The number of benzene rings is 1. The van der Waals surface area contributed by atoms with Crippen LogP contribution in [0.4, 0.5) is 0 Å². The van der Waals surface area contributed by atoms with Crippen molar-refractivity contribution in [2.24, 2.45) is 11.8 Å².